The van der Waals surface area contributed by atoms with Crippen LogP contribution in [-0.4, -0.2) is 53.7 Å². The van der Waals surface area contributed by atoms with Crippen molar-refractivity contribution in [2.75, 3.05) is 33.5 Å². The first-order valence-electron chi connectivity index (χ1n) is 19.3. The second-order valence-corrected chi connectivity index (χ2v) is 14.8. The van der Waals surface area contributed by atoms with Crippen molar-refractivity contribution in [1.82, 2.24) is 10.2 Å². The predicted molar refractivity (Wildman–Crippen MR) is 213 cm³/mol. The van der Waals surface area contributed by atoms with E-state index in [1.54, 1.807) is 4.90 Å². The maximum absolute atomic E-state index is 13.2. The minimum Gasteiger partial charge on any atom is -0.378 e. The molecule has 4 amide bonds. The van der Waals surface area contributed by atoms with E-state index in [0.29, 0.717) is 43.7 Å². The summed E-state index contributed by atoms with van der Waals surface area (Å²) >= 11 is 0. The van der Waals surface area contributed by atoms with Gasteiger partial charge in [0.05, 0.1) is 12.0 Å². The zero-order chi connectivity index (χ0) is 37.9. The normalized spacial score (nSPS) is 20.7. The van der Waals surface area contributed by atoms with Gasteiger partial charge in [-0.2, -0.15) is 0 Å². The Morgan fingerprint density at radius 1 is 0.648 bits per heavy atom. The number of para-hydroxylation sites is 2. The van der Waals surface area contributed by atoms with Gasteiger partial charge in [0.15, 0.2) is 0 Å². The highest BCUT2D eigenvalue weighted by atomic mass is 16.2. The van der Waals surface area contributed by atoms with Crippen molar-refractivity contribution in [3.05, 3.63) is 119 Å². The Morgan fingerprint density at radius 2 is 1.17 bits per heavy atom. The van der Waals surface area contributed by atoms with E-state index in [4.69, 9.17) is 0 Å². The maximum Gasteiger partial charge on any atom is 0.253 e. The summed E-state index contributed by atoms with van der Waals surface area (Å²) in [6.07, 6.45) is 2.55. The average molecular weight is 727 g/mol. The average Bonchev–Trinajstić information content (AvgIpc) is 3.16. The third-order valence-electron chi connectivity index (χ3n) is 11.1. The van der Waals surface area contributed by atoms with Crippen LogP contribution >= 0.6 is 0 Å². The fourth-order valence-corrected chi connectivity index (χ4v) is 8.15. The summed E-state index contributed by atoms with van der Waals surface area (Å²) in [4.78, 5) is 57.2. The highest BCUT2D eigenvalue weighted by Crippen LogP contribution is 2.40. The lowest BCUT2D eigenvalue weighted by Gasteiger charge is -2.40. The number of nitrogens with zero attached hydrogens (tertiary/aromatic N) is 3. The minimum atomic E-state index is -0.270. The Bertz CT molecular complexity index is 2010. The molecule has 0 aromatic heterocycles. The predicted octanol–water partition coefficient (Wildman–Crippen LogP) is 7.45. The number of rotatable bonds is 10. The first-order chi connectivity index (χ1) is 26.1. The number of benzene rings is 4. The van der Waals surface area contributed by atoms with Crippen molar-refractivity contribution < 1.29 is 19.2 Å². The Kier molecular flexibility index (Phi) is 10.8. The maximum atomic E-state index is 13.2. The zero-order valence-corrected chi connectivity index (χ0v) is 31.5. The molecule has 10 nitrogen and oxygen atoms in total. The largest absolute Gasteiger partial charge is 0.378 e. The molecule has 4 atom stereocenters. The summed E-state index contributed by atoms with van der Waals surface area (Å²) in [6, 6.07) is 31.9. The van der Waals surface area contributed by atoms with Gasteiger partial charge in [-0.1, -0.05) is 62.4 Å². The summed E-state index contributed by atoms with van der Waals surface area (Å²) in [6.45, 7) is 9.38. The first kappa shape index (κ1) is 36.9. The molecule has 0 aliphatic carbocycles. The monoisotopic (exact) mass is 726 g/mol. The van der Waals surface area contributed by atoms with Gasteiger partial charge in [0.25, 0.3) is 5.91 Å². The van der Waals surface area contributed by atoms with Crippen LogP contribution in [0.15, 0.2) is 97.1 Å². The minimum absolute atomic E-state index is 0.0543. The van der Waals surface area contributed by atoms with E-state index in [-0.39, 0.29) is 53.7 Å². The van der Waals surface area contributed by atoms with Crippen LogP contribution in [0, 0.1) is 5.92 Å². The van der Waals surface area contributed by atoms with E-state index in [0.717, 1.165) is 46.6 Å². The molecule has 0 bridgehead atoms. The Morgan fingerprint density at radius 3 is 1.74 bits per heavy atom. The van der Waals surface area contributed by atoms with Crippen molar-refractivity contribution >= 4 is 46.4 Å². The standard InChI is InChI=1S/C44H50N6O4/c1-5-41(51)49-28(3)23-37(35-11-7-9-13-39(35)49)45-25-30-15-17-31(18-16-30)44(54)48-26-32(27-48)43(53)47-34-21-19-33(20-22-34)46-38-24-29(4)50(42(52)6-2)40-14-10-8-12-36(38)40/h7-22,28-29,32,37-38,45-46H,5-6,23-27H2,1-4H3,(H,47,53)/t28-,29-,37+,38+/m0/s1. The highest BCUT2D eigenvalue weighted by molar-refractivity contribution is 5.99. The van der Waals surface area contributed by atoms with Crippen LogP contribution in [0.25, 0.3) is 0 Å². The van der Waals surface area contributed by atoms with Gasteiger partial charge >= 0.3 is 0 Å². The van der Waals surface area contributed by atoms with E-state index >= 15 is 0 Å². The molecule has 0 saturated carbocycles. The van der Waals surface area contributed by atoms with Gasteiger partial charge in [0, 0.05) is 78.9 Å². The fourth-order valence-electron chi connectivity index (χ4n) is 8.15. The third-order valence-corrected chi connectivity index (χ3v) is 11.1. The van der Waals surface area contributed by atoms with Gasteiger partial charge in [-0.05, 0) is 91.9 Å². The summed E-state index contributed by atoms with van der Waals surface area (Å²) in [5.74, 6) is -0.182. The van der Waals surface area contributed by atoms with Crippen LogP contribution in [0.4, 0.5) is 22.7 Å². The van der Waals surface area contributed by atoms with Gasteiger partial charge in [-0.3, -0.25) is 19.2 Å². The molecule has 4 aromatic rings. The highest BCUT2D eigenvalue weighted by Gasteiger charge is 2.37. The van der Waals surface area contributed by atoms with Crippen LogP contribution in [0.5, 0.6) is 0 Å². The number of amides is 4. The molecule has 0 radical (unpaired) electrons. The smallest absolute Gasteiger partial charge is 0.253 e. The van der Waals surface area contributed by atoms with E-state index in [9.17, 15) is 19.2 Å². The van der Waals surface area contributed by atoms with Crippen LogP contribution in [0.3, 0.4) is 0 Å². The molecule has 280 valence electrons. The SMILES string of the molecule is CCC(=O)N1c2ccccc2[C@H](NCc2ccc(C(=O)N3CC(C(=O)Nc4ccc(N[C@@H]5C[C@H](C)N(C(=O)CC)c6ccccc65)cc4)C3)cc2)C[C@@H]1C. The number of anilines is 4. The van der Waals surface area contributed by atoms with Crippen LogP contribution in [0.2, 0.25) is 0 Å². The lowest BCUT2D eigenvalue weighted by atomic mass is 9.91. The Labute approximate surface area is 317 Å². The summed E-state index contributed by atoms with van der Waals surface area (Å²) in [5, 5.41) is 10.3. The summed E-state index contributed by atoms with van der Waals surface area (Å²) < 4.78 is 0. The van der Waals surface area contributed by atoms with Gasteiger partial charge in [-0.25, -0.2) is 0 Å². The summed E-state index contributed by atoms with van der Waals surface area (Å²) in [5.41, 5.74) is 7.47. The fraction of sp³-hybridized carbons (Fsp3) is 0.364. The van der Waals surface area contributed by atoms with Crippen molar-refractivity contribution in [1.29, 1.82) is 0 Å². The molecular formula is C44H50N6O4. The number of nitrogens with one attached hydrogen (secondary N) is 3. The molecule has 3 aliphatic heterocycles. The van der Waals surface area contributed by atoms with E-state index in [1.165, 1.54) is 0 Å². The third kappa shape index (κ3) is 7.48. The van der Waals surface area contributed by atoms with Gasteiger partial charge in [-0.15, -0.1) is 0 Å². The molecule has 0 unspecified atom stereocenters. The van der Waals surface area contributed by atoms with Crippen LogP contribution in [-0.2, 0) is 20.9 Å². The van der Waals surface area contributed by atoms with Gasteiger partial charge in [0.2, 0.25) is 17.7 Å². The van der Waals surface area contributed by atoms with Gasteiger partial charge < -0.3 is 30.7 Å². The lowest BCUT2D eigenvalue weighted by Crippen LogP contribution is -2.54. The van der Waals surface area contributed by atoms with E-state index < -0.39 is 0 Å². The molecule has 3 N–H and O–H groups in total. The number of carbonyl (C=O) groups excluding carboxylic acids is 4. The van der Waals surface area contributed by atoms with Crippen molar-refractivity contribution in [3.8, 4) is 0 Å². The molecule has 10 heteroatoms. The number of carbonyl (C=O) groups is 4. The van der Waals surface area contributed by atoms with Crippen molar-refractivity contribution in [2.24, 2.45) is 5.92 Å². The molecule has 1 fully saturated rings. The van der Waals surface area contributed by atoms with E-state index in [1.807, 2.05) is 109 Å². The number of hydrogen-bond donors (Lipinski definition) is 3. The quantitative estimate of drug-likeness (QED) is 0.157. The van der Waals surface area contributed by atoms with Crippen molar-refractivity contribution in [2.45, 2.75) is 84.1 Å². The molecule has 3 heterocycles. The summed E-state index contributed by atoms with van der Waals surface area (Å²) in [7, 11) is 0. The zero-order valence-electron chi connectivity index (χ0n) is 31.5. The van der Waals surface area contributed by atoms with Gasteiger partial charge in [0.1, 0.15) is 0 Å². The molecule has 1 saturated heterocycles. The first-order valence-corrected chi connectivity index (χ1v) is 19.3. The number of fused-ring (bicyclic) bond motifs is 2. The van der Waals surface area contributed by atoms with Crippen LogP contribution in [0.1, 0.15) is 92.5 Å². The molecule has 0 spiro atoms. The lowest BCUT2D eigenvalue weighted by molar-refractivity contribution is -0.123. The second-order valence-electron chi connectivity index (χ2n) is 14.8. The Hall–Kier alpha value is -5.48. The van der Waals surface area contributed by atoms with Crippen molar-refractivity contribution in [3.63, 3.8) is 0 Å². The molecule has 7 rings (SSSR count). The van der Waals surface area contributed by atoms with Crippen LogP contribution < -0.4 is 25.8 Å². The molecule has 54 heavy (non-hydrogen) atoms. The Balaban J connectivity index is 0.885. The second kappa shape index (κ2) is 15.9. The topological polar surface area (TPSA) is 114 Å². The molecule has 3 aliphatic rings. The van der Waals surface area contributed by atoms with E-state index in [2.05, 4.69) is 41.9 Å². The number of hydrogen-bond acceptors (Lipinski definition) is 6. The molecule has 4 aromatic carbocycles. The number of likely N-dealkylation sites (tertiary alicyclic amines) is 1. The molecular weight excluding hydrogens is 677 g/mol.